The molecule has 3 heterocycles. The highest BCUT2D eigenvalue weighted by molar-refractivity contribution is 5.83. The van der Waals surface area contributed by atoms with Crippen LogP contribution in [0.5, 0.6) is 0 Å². The number of carbonyl (C=O) groups excluding carboxylic acids is 1. The van der Waals surface area contributed by atoms with E-state index in [9.17, 15) is 4.79 Å². The molecule has 2 aromatic heterocycles. The number of pyridine rings is 1. The van der Waals surface area contributed by atoms with Crippen molar-refractivity contribution >= 4 is 5.91 Å². The molecule has 1 aliphatic heterocycles. The summed E-state index contributed by atoms with van der Waals surface area (Å²) < 4.78 is 5.39. The lowest BCUT2D eigenvalue weighted by Crippen LogP contribution is -2.32. The Bertz CT molecular complexity index is 755. The van der Waals surface area contributed by atoms with Crippen molar-refractivity contribution in [2.75, 3.05) is 6.54 Å². The minimum atomic E-state index is -0.0103. The van der Waals surface area contributed by atoms with Crippen molar-refractivity contribution in [2.24, 2.45) is 5.92 Å². The predicted octanol–water partition coefficient (Wildman–Crippen LogP) is 2.81. The molecule has 1 saturated heterocycles. The summed E-state index contributed by atoms with van der Waals surface area (Å²) in [6.45, 7) is 0.799. The Kier molecular flexibility index (Phi) is 3.18. The fraction of sp³-hybridized carbons (Fsp3) is 0.556. The van der Waals surface area contributed by atoms with E-state index in [1.54, 1.807) is 6.20 Å². The van der Waals surface area contributed by atoms with Gasteiger partial charge in [-0.2, -0.15) is 4.98 Å². The molecule has 3 atom stereocenters. The highest BCUT2D eigenvalue weighted by Gasteiger charge is 2.48. The van der Waals surface area contributed by atoms with Gasteiger partial charge in [0, 0.05) is 30.8 Å². The number of carbonyl (C=O) groups is 1. The Morgan fingerprint density at radius 1 is 1.29 bits per heavy atom. The zero-order chi connectivity index (χ0) is 16.1. The van der Waals surface area contributed by atoms with Crippen molar-refractivity contribution in [3.8, 4) is 0 Å². The zero-order valence-corrected chi connectivity index (χ0v) is 13.5. The lowest BCUT2D eigenvalue weighted by atomic mass is 10.1. The Hall–Kier alpha value is -2.24. The quantitative estimate of drug-likeness (QED) is 0.865. The second-order valence-corrected chi connectivity index (χ2v) is 7.19. The van der Waals surface area contributed by atoms with Crippen LogP contribution in [0.15, 0.2) is 29.0 Å². The van der Waals surface area contributed by atoms with E-state index in [2.05, 4.69) is 21.2 Å². The molecule has 24 heavy (non-hydrogen) atoms. The number of nitrogens with zero attached hydrogens (tertiary/aromatic N) is 4. The van der Waals surface area contributed by atoms with E-state index in [1.807, 2.05) is 17.2 Å². The lowest BCUT2D eigenvalue weighted by molar-refractivity contribution is -0.133. The first kappa shape index (κ1) is 14.1. The summed E-state index contributed by atoms with van der Waals surface area (Å²) in [7, 11) is 0. The number of amides is 1. The molecule has 3 fully saturated rings. The summed E-state index contributed by atoms with van der Waals surface area (Å²) >= 11 is 0. The number of hydrogen-bond acceptors (Lipinski definition) is 5. The smallest absolute Gasteiger partial charge is 0.229 e. The van der Waals surface area contributed by atoms with E-state index >= 15 is 0 Å². The van der Waals surface area contributed by atoms with E-state index < -0.39 is 0 Å². The van der Waals surface area contributed by atoms with Crippen molar-refractivity contribution in [1.82, 2.24) is 20.0 Å². The average molecular weight is 324 g/mol. The molecule has 3 aliphatic rings. The molecule has 6 heteroatoms. The predicted molar refractivity (Wildman–Crippen MR) is 85.0 cm³/mol. The van der Waals surface area contributed by atoms with Crippen molar-refractivity contribution < 1.29 is 9.32 Å². The molecular weight excluding hydrogens is 304 g/mol. The molecule has 0 aromatic carbocycles. The van der Waals surface area contributed by atoms with Gasteiger partial charge in [-0.15, -0.1) is 0 Å². The van der Waals surface area contributed by atoms with Crippen LogP contribution >= 0.6 is 0 Å². The van der Waals surface area contributed by atoms with E-state index in [4.69, 9.17) is 4.52 Å². The summed E-state index contributed by atoms with van der Waals surface area (Å²) in [5.74, 6) is 2.55. The largest absolute Gasteiger partial charge is 0.339 e. The first-order valence-corrected chi connectivity index (χ1v) is 8.85. The monoisotopic (exact) mass is 324 g/mol. The third-order valence-electron chi connectivity index (χ3n) is 5.44. The minimum absolute atomic E-state index is 0.0103. The Morgan fingerprint density at radius 2 is 2.21 bits per heavy atom. The zero-order valence-electron chi connectivity index (χ0n) is 13.5. The Morgan fingerprint density at radius 3 is 3.00 bits per heavy atom. The summed E-state index contributed by atoms with van der Waals surface area (Å²) in [5.41, 5.74) is 1.17. The van der Waals surface area contributed by atoms with Crippen molar-refractivity contribution in [1.29, 1.82) is 0 Å². The van der Waals surface area contributed by atoms with E-state index in [1.165, 1.54) is 5.56 Å². The van der Waals surface area contributed by atoms with Gasteiger partial charge in [0.1, 0.15) is 0 Å². The molecule has 2 aliphatic carbocycles. The maximum atomic E-state index is 12.9. The van der Waals surface area contributed by atoms with Gasteiger partial charge in [-0.1, -0.05) is 11.2 Å². The van der Waals surface area contributed by atoms with Gasteiger partial charge in [0.15, 0.2) is 5.82 Å². The van der Waals surface area contributed by atoms with Gasteiger partial charge in [-0.3, -0.25) is 9.78 Å². The second kappa shape index (κ2) is 5.40. The number of aromatic nitrogens is 3. The fourth-order valence-corrected chi connectivity index (χ4v) is 3.82. The van der Waals surface area contributed by atoms with Crippen LogP contribution in [0.4, 0.5) is 0 Å². The van der Waals surface area contributed by atoms with Crippen LogP contribution in [0, 0.1) is 5.92 Å². The summed E-state index contributed by atoms with van der Waals surface area (Å²) in [5, 5.41) is 4.16. The standard InChI is InChI=1S/C18H20N4O2/c23-18(14-9-13(14)12-3-1-7-19-10-12)22-8-2-4-15(22)16-20-17(24-21-16)11-5-6-11/h1,3,7,10-11,13-15H,2,4-6,8-9H2/t13-,14+,15+/m0/s1. The molecular formula is C18H20N4O2. The number of likely N-dealkylation sites (tertiary alicyclic amines) is 1. The van der Waals surface area contributed by atoms with Crippen LogP contribution < -0.4 is 0 Å². The van der Waals surface area contributed by atoms with Gasteiger partial charge in [0.2, 0.25) is 11.8 Å². The van der Waals surface area contributed by atoms with Crippen LogP contribution in [0.1, 0.15) is 67.3 Å². The second-order valence-electron chi connectivity index (χ2n) is 7.19. The van der Waals surface area contributed by atoms with Crippen LogP contribution in [-0.4, -0.2) is 32.5 Å². The average Bonchev–Trinajstić information content (AvgIpc) is 3.52. The molecule has 124 valence electrons. The molecule has 0 radical (unpaired) electrons. The molecule has 0 unspecified atom stereocenters. The van der Waals surface area contributed by atoms with Gasteiger partial charge < -0.3 is 9.42 Å². The van der Waals surface area contributed by atoms with Crippen LogP contribution in [0.25, 0.3) is 0 Å². The van der Waals surface area contributed by atoms with Gasteiger partial charge in [0.05, 0.1) is 6.04 Å². The fourth-order valence-electron chi connectivity index (χ4n) is 3.82. The number of rotatable bonds is 4. The van der Waals surface area contributed by atoms with Gasteiger partial charge in [-0.25, -0.2) is 0 Å². The van der Waals surface area contributed by atoms with E-state index in [0.29, 0.717) is 17.7 Å². The molecule has 2 aromatic rings. The lowest BCUT2D eigenvalue weighted by Gasteiger charge is -2.22. The minimum Gasteiger partial charge on any atom is -0.339 e. The van der Waals surface area contributed by atoms with Crippen LogP contribution in [0.3, 0.4) is 0 Å². The van der Waals surface area contributed by atoms with Gasteiger partial charge in [-0.05, 0) is 49.7 Å². The molecule has 1 amide bonds. The Labute approximate surface area is 140 Å². The maximum Gasteiger partial charge on any atom is 0.229 e. The SMILES string of the molecule is O=C([C@@H]1C[C@H]1c1cccnc1)N1CCC[C@@H]1c1noc(C2CC2)n1. The Balaban J connectivity index is 1.31. The van der Waals surface area contributed by atoms with Crippen molar-refractivity contribution in [2.45, 2.75) is 50.0 Å². The summed E-state index contributed by atoms with van der Waals surface area (Å²) in [4.78, 5) is 23.7. The maximum absolute atomic E-state index is 12.9. The third kappa shape index (κ3) is 2.41. The summed E-state index contributed by atoms with van der Waals surface area (Å²) in [6.07, 6.45) is 8.79. The number of hydrogen-bond donors (Lipinski definition) is 0. The molecule has 6 nitrogen and oxygen atoms in total. The topological polar surface area (TPSA) is 72.1 Å². The molecule has 0 spiro atoms. The highest BCUT2D eigenvalue weighted by Crippen LogP contribution is 2.50. The van der Waals surface area contributed by atoms with Gasteiger partial charge >= 0.3 is 0 Å². The normalized spacial score (nSPS) is 29.0. The van der Waals surface area contributed by atoms with Gasteiger partial charge in [0.25, 0.3) is 0 Å². The van der Waals surface area contributed by atoms with E-state index in [0.717, 1.165) is 44.5 Å². The molecule has 5 rings (SSSR count). The van der Waals surface area contributed by atoms with Crippen LogP contribution in [0.2, 0.25) is 0 Å². The molecule has 2 saturated carbocycles. The van der Waals surface area contributed by atoms with E-state index in [-0.39, 0.29) is 17.9 Å². The highest BCUT2D eigenvalue weighted by atomic mass is 16.5. The molecule has 0 N–H and O–H groups in total. The molecule has 0 bridgehead atoms. The summed E-state index contributed by atoms with van der Waals surface area (Å²) in [6, 6.07) is 3.99. The first-order chi connectivity index (χ1) is 11.8. The van der Waals surface area contributed by atoms with Crippen molar-refractivity contribution in [3.63, 3.8) is 0 Å². The first-order valence-electron chi connectivity index (χ1n) is 8.85. The van der Waals surface area contributed by atoms with Crippen molar-refractivity contribution in [3.05, 3.63) is 41.8 Å². The van der Waals surface area contributed by atoms with Crippen LogP contribution in [-0.2, 0) is 4.79 Å². The third-order valence-corrected chi connectivity index (χ3v) is 5.44.